The minimum Gasteiger partial charge on any atom is -0.456 e. The molecule has 1 aromatic heterocycles. The SMILES string of the molecule is N#Cc1cnccc1Oc1ccccc1. The zero-order valence-corrected chi connectivity index (χ0v) is 7.92. The van der Waals surface area contributed by atoms with Crippen LogP contribution in [0.5, 0.6) is 11.5 Å². The molecule has 0 radical (unpaired) electrons. The van der Waals surface area contributed by atoms with E-state index in [1.807, 2.05) is 36.4 Å². The maximum atomic E-state index is 8.83. The van der Waals surface area contributed by atoms with Crippen LogP contribution >= 0.6 is 0 Å². The molecule has 0 aliphatic rings. The second-order valence-corrected chi connectivity index (χ2v) is 2.90. The molecule has 0 aliphatic carbocycles. The largest absolute Gasteiger partial charge is 0.456 e. The molecule has 3 nitrogen and oxygen atoms in total. The Balaban J connectivity index is 2.29. The van der Waals surface area contributed by atoms with Gasteiger partial charge in [0.15, 0.2) is 0 Å². The third-order valence-corrected chi connectivity index (χ3v) is 1.87. The smallest absolute Gasteiger partial charge is 0.148 e. The minimum absolute atomic E-state index is 0.432. The fourth-order valence-corrected chi connectivity index (χ4v) is 1.17. The maximum absolute atomic E-state index is 8.83. The lowest BCUT2D eigenvalue weighted by molar-refractivity contribution is 0.480. The van der Waals surface area contributed by atoms with Crippen LogP contribution in [0, 0.1) is 11.3 Å². The first-order chi connectivity index (χ1) is 7.40. The van der Waals surface area contributed by atoms with Crippen LogP contribution in [0.15, 0.2) is 48.8 Å². The first kappa shape index (κ1) is 9.22. The highest BCUT2D eigenvalue weighted by Gasteiger charge is 2.02. The van der Waals surface area contributed by atoms with Gasteiger partial charge in [-0.15, -0.1) is 0 Å². The van der Waals surface area contributed by atoms with Crippen molar-refractivity contribution >= 4 is 0 Å². The van der Waals surface area contributed by atoms with Crippen molar-refractivity contribution in [3.63, 3.8) is 0 Å². The Morgan fingerprint density at radius 2 is 1.93 bits per heavy atom. The standard InChI is InChI=1S/C12H8N2O/c13-8-10-9-14-7-6-12(10)15-11-4-2-1-3-5-11/h1-7,9H. The summed E-state index contributed by atoms with van der Waals surface area (Å²) in [4.78, 5) is 3.86. The molecular formula is C12H8N2O. The van der Waals surface area contributed by atoms with E-state index in [9.17, 15) is 0 Å². The highest BCUT2D eigenvalue weighted by molar-refractivity contribution is 5.42. The first-order valence-electron chi connectivity index (χ1n) is 4.47. The number of aromatic nitrogens is 1. The van der Waals surface area contributed by atoms with Crippen LogP contribution in [0.25, 0.3) is 0 Å². The zero-order valence-electron chi connectivity index (χ0n) is 7.92. The summed E-state index contributed by atoms with van der Waals surface area (Å²) in [7, 11) is 0. The Morgan fingerprint density at radius 3 is 2.67 bits per heavy atom. The molecule has 0 unspecified atom stereocenters. The van der Waals surface area contributed by atoms with Crippen molar-refractivity contribution in [3.8, 4) is 17.6 Å². The topological polar surface area (TPSA) is 45.9 Å². The minimum atomic E-state index is 0.432. The van der Waals surface area contributed by atoms with E-state index in [-0.39, 0.29) is 0 Å². The molecule has 0 aliphatic heterocycles. The Labute approximate surface area is 87.6 Å². The summed E-state index contributed by atoms with van der Waals surface area (Å²) in [6, 6.07) is 13.0. The number of hydrogen-bond acceptors (Lipinski definition) is 3. The molecule has 0 spiro atoms. The number of pyridine rings is 1. The Bertz CT molecular complexity index is 488. The Hall–Kier alpha value is -2.34. The van der Waals surface area contributed by atoms with E-state index < -0.39 is 0 Å². The lowest BCUT2D eigenvalue weighted by Crippen LogP contribution is -1.88. The van der Waals surface area contributed by atoms with Gasteiger partial charge in [0.05, 0.1) is 0 Å². The van der Waals surface area contributed by atoms with Gasteiger partial charge in [-0.25, -0.2) is 0 Å². The average molecular weight is 196 g/mol. The van der Waals surface area contributed by atoms with E-state index in [2.05, 4.69) is 4.98 Å². The summed E-state index contributed by atoms with van der Waals surface area (Å²) < 4.78 is 5.54. The number of benzene rings is 1. The Kier molecular flexibility index (Phi) is 2.61. The highest BCUT2D eigenvalue weighted by atomic mass is 16.5. The van der Waals surface area contributed by atoms with E-state index in [0.29, 0.717) is 17.1 Å². The average Bonchev–Trinajstić information content (AvgIpc) is 2.31. The van der Waals surface area contributed by atoms with Crippen LogP contribution in [0.2, 0.25) is 0 Å². The van der Waals surface area contributed by atoms with Gasteiger partial charge >= 0.3 is 0 Å². The van der Waals surface area contributed by atoms with E-state index in [4.69, 9.17) is 10.00 Å². The lowest BCUT2D eigenvalue weighted by Gasteiger charge is -2.05. The molecule has 1 aromatic carbocycles. The number of rotatable bonds is 2. The monoisotopic (exact) mass is 196 g/mol. The third kappa shape index (κ3) is 2.12. The summed E-state index contributed by atoms with van der Waals surface area (Å²) in [5, 5.41) is 8.83. The number of para-hydroxylation sites is 1. The zero-order chi connectivity index (χ0) is 10.5. The fourth-order valence-electron chi connectivity index (χ4n) is 1.17. The third-order valence-electron chi connectivity index (χ3n) is 1.87. The van der Waals surface area contributed by atoms with Gasteiger partial charge in [-0.1, -0.05) is 18.2 Å². The molecule has 0 saturated carbocycles. The van der Waals surface area contributed by atoms with Gasteiger partial charge in [-0.2, -0.15) is 5.26 Å². The van der Waals surface area contributed by atoms with E-state index >= 15 is 0 Å². The molecule has 15 heavy (non-hydrogen) atoms. The fraction of sp³-hybridized carbons (Fsp3) is 0. The molecule has 3 heteroatoms. The van der Waals surface area contributed by atoms with Gasteiger partial charge in [0.25, 0.3) is 0 Å². The van der Waals surface area contributed by atoms with Crippen LogP contribution in [0.1, 0.15) is 5.56 Å². The van der Waals surface area contributed by atoms with Crippen molar-refractivity contribution in [1.29, 1.82) is 5.26 Å². The summed E-state index contributed by atoms with van der Waals surface area (Å²) in [5.74, 6) is 1.24. The predicted octanol–water partition coefficient (Wildman–Crippen LogP) is 2.75. The van der Waals surface area contributed by atoms with E-state index in [0.717, 1.165) is 0 Å². The van der Waals surface area contributed by atoms with Crippen molar-refractivity contribution in [2.24, 2.45) is 0 Å². The summed E-state index contributed by atoms with van der Waals surface area (Å²) in [5.41, 5.74) is 0.432. The van der Waals surface area contributed by atoms with Gasteiger partial charge in [-0.05, 0) is 12.1 Å². The molecule has 2 rings (SSSR count). The molecule has 0 N–H and O–H groups in total. The van der Waals surface area contributed by atoms with Crippen LogP contribution in [-0.4, -0.2) is 4.98 Å². The van der Waals surface area contributed by atoms with Crippen LogP contribution in [0.4, 0.5) is 0 Å². The normalized spacial score (nSPS) is 9.27. The molecular weight excluding hydrogens is 188 g/mol. The molecule has 0 fully saturated rings. The van der Waals surface area contributed by atoms with Crippen LogP contribution in [-0.2, 0) is 0 Å². The molecule has 0 saturated heterocycles. The molecule has 0 amide bonds. The van der Waals surface area contributed by atoms with Crippen molar-refractivity contribution in [2.75, 3.05) is 0 Å². The lowest BCUT2D eigenvalue weighted by atomic mass is 10.3. The summed E-state index contributed by atoms with van der Waals surface area (Å²) in [6.07, 6.45) is 3.08. The number of nitriles is 1. The molecule has 2 aromatic rings. The summed E-state index contributed by atoms with van der Waals surface area (Å²) >= 11 is 0. The van der Waals surface area contributed by atoms with Crippen molar-refractivity contribution in [3.05, 3.63) is 54.4 Å². The number of hydrogen-bond donors (Lipinski definition) is 0. The molecule has 0 bridgehead atoms. The van der Waals surface area contributed by atoms with Crippen molar-refractivity contribution in [2.45, 2.75) is 0 Å². The summed E-state index contributed by atoms with van der Waals surface area (Å²) in [6.45, 7) is 0. The predicted molar refractivity (Wildman–Crippen MR) is 55.5 cm³/mol. The van der Waals surface area contributed by atoms with Gasteiger partial charge in [0, 0.05) is 18.5 Å². The molecule has 0 atom stereocenters. The number of nitrogens with zero attached hydrogens (tertiary/aromatic N) is 2. The van der Waals surface area contributed by atoms with Gasteiger partial charge in [0.1, 0.15) is 23.1 Å². The van der Waals surface area contributed by atoms with Gasteiger partial charge < -0.3 is 4.74 Å². The van der Waals surface area contributed by atoms with Crippen molar-refractivity contribution in [1.82, 2.24) is 4.98 Å². The van der Waals surface area contributed by atoms with Crippen LogP contribution in [0.3, 0.4) is 0 Å². The van der Waals surface area contributed by atoms with Crippen molar-refractivity contribution < 1.29 is 4.74 Å². The second kappa shape index (κ2) is 4.25. The second-order valence-electron chi connectivity index (χ2n) is 2.90. The van der Waals surface area contributed by atoms with Crippen LogP contribution < -0.4 is 4.74 Å². The van der Waals surface area contributed by atoms with Gasteiger partial charge in [-0.3, -0.25) is 4.98 Å². The van der Waals surface area contributed by atoms with E-state index in [1.54, 1.807) is 12.3 Å². The molecule has 1 heterocycles. The highest BCUT2D eigenvalue weighted by Crippen LogP contribution is 2.23. The van der Waals surface area contributed by atoms with E-state index in [1.165, 1.54) is 6.20 Å². The molecule has 72 valence electrons. The quantitative estimate of drug-likeness (QED) is 0.741. The first-order valence-corrected chi connectivity index (χ1v) is 4.47. The van der Waals surface area contributed by atoms with Gasteiger partial charge in [0.2, 0.25) is 0 Å². The maximum Gasteiger partial charge on any atom is 0.148 e. The number of ether oxygens (including phenoxy) is 1. The Morgan fingerprint density at radius 1 is 1.13 bits per heavy atom.